The molecule has 3 rings (SSSR count). The fourth-order valence-corrected chi connectivity index (χ4v) is 2.70. The van der Waals surface area contributed by atoms with Crippen molar-refractivity contribution in [3.05, 3.63) is 47.2 Å². The number of carbonyl (C=O) groups excluding carboxylic acids is 2. The summed E-state index contributed by atoms with van der Waals surface area (Å²) in [7, 11) is 1.74. The lowest BCUT2D eigenvalue weighted by Gasteiger charge is -2.11. The van der Waals surface area contributed by atoms with E-state index in [1.807, 2.05) is 24.4 Å². The van der Waals surface area contributed by atoms with Gasteiger partial charge in [0.1, 0.15) is 0 Å². The van der Waals surface area contributed by atoms with Crippen molar-refractivity contribution in [2.24, 2.45) is 7.05 Å². The van der Waals surface area contributed by atoms with Gasteiger partial charge in [-0.25, -0.2) is 0 Å². The Balaban J connectivity index is 1.82. The van der Waals surface area contributed by atoms with Crippen LogP contribution in [0.5, 0.6) is 0 Å². The monoisotopic (exact) mass is 326 g/mol. The Morgan fingerprint density at radius 2 is 1.96 bits per heavy atom. The Bertz CT molecular complexity index is 939. The summed E-state index contributed by atoms with van der Waals surface area (Å²) >= 11 is 0. The molecule has 24 heavy (non-hydrogen) atoms. The molecule has 0 aliphatic carbocycles. The fourth-order valence-electron chi connectivity index (χ4n) is 2.70. The molecule has 3 heterocycles. The van der Waals surface area contributed by atoms with Gasteiger partial charge < -0.3 is 5.32 Å². The number of ketones is 1. The lowest BCUT2D eigenvalue weighted by Crippen LogP contribution is -2.34. The molecule has 0 aromatic carbocycles. The van der Waals surface area contributed by atoms with Crippen LogP contribution in [-0.4, -0.2) is 36.1 Å². The van der Waals surface area contributed by atoms with E-state index in [-0.39, 0.29) is 0 Å². The molecule has 1 atom stereocenters. The summed E-state index contributed by atoms with van der Waals surface area (Å²) in [4.78, 5) is 24.8. The largest absolute Gasteiger partial charge is 0.339 e. The molecule has 3 aromatic heterocycles. The zero-order valence-electron chi connectivity index (χ0n) is 13.9. The molecule has 0 aliphatic heterocycles. The number of Topliss-reactive ketones (excluding diaryl/α,β-unsaturated/α-hetero) is 1. The zero-order chi connectivity index (χ0) is 17.4. The molecule has 0 fully saturated rings. The number of aromatic nitrogens is 5. The van der Waals surface area contributed by atoms with Crippen LogP contribution < -0.4 is 5.32 Å². The van der Waals surface area contributed by atoms with Gasteiger partial charge in [0.05, 0.1) is 17.3 Å². The molecule has 0 saturated carbocycles. The third-order valence-corrected chi connectivity index (χ3v) is 4.02. The third kappa shape index (κ3) is 2.55. The van der Waals surface area contributed by atoms with Crippen molar-refractivity contribution in [1.82, 2.24) is 29.7 Å². The molecular weight excluding hydrogens is 308 g/mol. The Morgan fingerprint density at radius 1 is 1.21 bits per heavy atom. The minimum absolute atomic E-state index is 0.341. The number of pyridine rings is 1. The van der Waals surface area contributed by atoms with E-state index in [4.69, 9.17) is 0 Å². The molecule has 0 bridgehead atoms. The molecular formula is C16H18N6O2. The van der Waals surface area contributed by atoms with Crippen LogP contribution in [0.2, 0.25) is 0 Å². The van der Waals surface area contributed by atoms with E-state index in [0.29, 0.717) is 28.4 Å². The van der Waals surface area contributed by atoms with Crippen molar-refractivity contribution in [3.63, 3.8) is 0 Å². The highest BCUT2D eigenvalue weighted by Gasteiger charge is 2.26. The van der Waals surface area contributed by atoms with E-state index < -0.39 is 17.7 Å². The SMILES string of the molecule is Cc1nn(C)c(C)c1C(=O)C(=O)N[C@H](C)c1nnc2ccccn12. The highest BCUT2D eigenvalue weighted by molar-refractivity contribution is 6.43. The summed E-state index contributed by atoms with van der Waals surface area (Å²) in [5, 5.41) is 15.0. The highest BCUT2D eigenvalue weighted by Crippen LogP contribution is 2.15. The lowest BCUT2D eigenvalue weighted by molar-refractivity contribution is -0.117. The van der Waals surface area contributed by atoms with E-state index in [9.17, 15) is 9.59 Å². The number of nitrogens with zero attached hydrogens (tertiary/aromatic N) is 5. The van der Waals surface area contributed by atoms with E-state index in [1.165, 1.54) is 0 Å². The molecule has 1 amide bonds. The van der Waals surface area contributed by atoms with Crippen LogP contribution in [-0.2, 0) is 11.8 Å². The van der Waals surface area contributed by atoms with Crippen LogP contribution >= 0.6 is 0 Å². The molecule has 8 nitrogen and oxygen atoms in total. The van der Waals surface area contributed by atoms with Crippen LogP contribution in [0.4, 0.5) is 0 Å². The van der Waals surface area contributed by atoms with Crippen LogP contribution in [0.25, 0.3) is 5.65 Å². The summed E-state index contributed by atoms with van der Waals surface area (Å²) in [6.07, 6.45) is 1.81. The number of amides is 1. The second kappa shape index (κ2) is 5.88. The standard InChI is InChI=1S/C16H18N6O2/c1-9-13(11(3)21(4)20-9)14(23)16(24)17-10(2)15-19-18-12-7-5-6-8-22(12)15/h5-8,10H,1-4H3,(H,17,24)/t10-/m1/s1. The van der Waals surface area contributed by atoms with Crippen LogP contribution in [0, 0.1) is 13.8 Å². The van der Waals surface area contributed by atoms with Gasteiger partial charge >= 0.3 is 0 Å². The van der Waals surface area contributed by atoms with Gasteiger partial charge in [-0.2, -0.15) is 5.10 Å². The summed E-state index contributed by atoms with van der Waals surface area (Å²) < 4.78 is 3.36. The van der Waals surface area contributed by atoms with E-state index in [2.05, 4.69) is 20.6 Å². The third-order valence-electron chi connectivity index (χ3n) is 4.02. The fraction of sp³-hybridized carbons (Fsp3) is 0.312. The zero-order valence-corrected chi connectivity index (χ0v) is 13.9. The van der Waals surface area contributed by atoms with Gasteiger partial charge in [0.2, 0.25) is 0 Å². The normalized spacial score (nSPS) is 12.3. The van der Waals surface area contributed by atoms with Gasteiger partial charge in [-0.15, -0.1) is 10.2 Å². The Morgan fingerprint density at radius 3 is 2.62 bits per heavy atom. The van der Waals surface area contributed by atoms with Gasteiger partial charge in [-0.05, 0) is 32.9 Å². The molecule has 1 N–H and O–H groups in total. The van der Waals surface area contributed by atoms with Gasteiger partial charge in [0.15, 0.2) is 11.5 Å². The maximum absolute atomic E-state index is 12.5. The molecule has 8 heteroatoms. The van der Waals surface area contributed by atoms with Crippen LogP contribution in [0.15, 0.2) is 24.4 Å². The first kappa shape index (κ1) is 15.9. The van der Waals surface area contributed by atoms with Gasteiger partial charge in [-0.1, -0.05) is 6.07 Å². The number of hydrogen-bond donors (Lipinski definition) is 1. The molecule has 3 aromatic rings. The predicted molar refractivity (Wildman–Crippen MR) is 86.6 cm³/mol. The summed E-state index contributed by atoms with van der Waals surface area (Å²) in [6, 6.07) is 5.06. The maximum Gasteiger partial charge on any atom is 0.293 e. The van der Waals surface area contributed by atoms with Gasteiger partial charge in [0.25, 0.3) is 11.7 Å². The number of carbonyl (C=O) groups is 2. The average Bonchev–Trinajstić information content (AvgIpc) is 3.08. The second-order valence-electron chi connectivity index (χ2n) is 5.68. The molecule has 0 saturated heterocycles. The smallest absolute Gasteiger partial charge is 0.293 e. The first-order valence-electron chi connectivity index (χ1n) is 7.55. The maximum atomic E-state index is 12.5. The van der Waals surface area contributed by atoms with Gasteiger partial charge in [0, 0.05) is 18.9 Å². The minimum atomic E-state index is -0.686. The molecule has 0 spiro atoms. The quantitative estimate of drug-likeness (QED) is 0.573. The second-order valence-corrected chi connectivity index (χ2v) is 5.68. The van der Waals surface area contributed by atoms with E-state index in [0.717, 1.165) is 0 Å². The number of fused-ring (bicyclic) bond motifs is 1. The first-order valence-corrected chi connectivity index (χ1v) is 7.55. The Kier molecular flexibility index (Phi) is 3.88. The average molecular weight is 326 g/mol. The van der Waals surface area contributed by atoms with Crippen molar-refractivity contribution >= 4 is 17.3 Å². The Hall–Kier alpha value is -3.03. The van der Waals surface area contributed by atoms with Crippen LogP contribution in [0.3, 0.4) is 0 Å². The first-order chi connectivity index (χ1) is 11.4. The van der Waals surface area contributed by atoms with Crippen molar-refractivity contribution in [1.29, 1.82) is 0 Å². The summed E-state index contributed by atoms with van der Waals surface area (Å²) in [5.74, 6) is -0.723. The highest BCUT2D eigenvalue weighted by atomic mass is 16.2. The number of nitrogens with one attached hydrogen (secondary N) is 1. The van der Waals surface area contributed by atoms with E-state index in [1.54, 1.807) is 36.9 Å². The summed E-state index contributed by atoms with van der Waals surface area (Å²) in [6.45, 7) is 5.23. The number of rotatable bonds is 4. The predicted octanol–water partition coefficient (Wildman–Crippen LogP) is 1.14. The van der Waals surface area contributed by atoms with E-state index >= 15 is 0 Å². The minimum Gasteiger partial charge on any atom is -0.339 e. The van der Waals surface area contributed by atoms with Crippen LogP contribution in [0.1, 0.15) is 40.5 Å². The Labute approximate surface area is 138 Å². The van der Waals surface area contributed by atoms with Crippen molar-refractivity contribution in [3.8, 4) is 0 Å². The molecule has 0 radical (unpaired) electrons. The number of aryl methyl sites for hydroxylation is 2. The topological polar surface area (TPSA) is 94.2 Å². The van der Waals surface area contributed by atoms with Crippen molar-refractivity contribution < 1.29 is 9.59 Å². The molecule has 0 aliphatic rings. The van der Waals surface area contributed by atoms with Crippen molar-refractivity contribution in [2.45, 2.75) is 26.8 Å². The lowest BCUT2D eigenvalue weighted by atomic mass is 10.1. The summed E-state index contributed by atoms with van der Waals surface area (Å²) in [5.41, 5.74) is 2.22. The molecule has 124 valence electrons. The number of hydrogen-bond acceptors (Lipinski definition) is 5. The molecule has 0 unspecified atom stereocenters. The van der Waals surface area contributed by atoms with Gasteiger partial charge in [-0.3, -0.25) is 18.7 Å². The van der Waals surface area contributed by atoms with Crippen molar-refractivity contribution in [2.75, 3.05) is 0 Å².